The third-order valence-electron chi connectivity index (χ3n) is 1.50. The van der Waals surface area contributed by atoms with Crippen LogP contribution in [0.5, 0.6) is 0 Å². The summed E-state index contributed by atoms with van der Waals surface area (Å²) in [5.74, 6) is 0.517. The molecule has 0 aliphatic heterocycles. The molecule has 5 heteroatoms. The van der Waals surface area contributed by atoms with Crippen molar-refractivity contribution in [2.45, 2.75) is 13.3 Å². The van der Waals surface area contributed by atoms with Crippen molar-refractivity contribution in [3.8, 4) is 0 Å². The number of nitrogen functional groups attached to an aromatic ring is 1. The molecule has 13 heavy (non-hydrogen) atoms. The number of nitrogens with two attached hydrogens (primary N) is 1. The summed E-state index contributed by atoms with van der Waals surface area (Å²) >= 11 is 0. The molecule has 1 rings (SSSR count). The predicted octanol–water partition coefficient (Wildman–Crippen LogP) is 0.583. The van der Waals surface area contributed by atoms with E-state index in [1.165, 1.54) is 6.20 Å². The summed E-state index contributed by atoms with van der Waals surface area (Å²) in [6, 6.07) is 0. The maximum atomic E-state index is 7.25. The monoisotopic (exact) mass is 179 g/mol. The van der Waals surface area contributed by atoms with Crippen LogP contribution in [-0.4, -0.2) is 22.3 Å². The highest BCUT2D eigenvalue weighted by molar-refractivity contribution is 5.97. The van der Waals surface area contributed by atoms with Gasteiger partial charge in [0.05, 0.1) is 0 Å². The first-order valence-electron chi connectivity index (χ1n) is 4.15. The van der Waals surface area contributed by atoms with E-state index in [2.05, 4.69) is 22.2 Å². The van der Waals surface area contributed by atoms with Gasteiger partial charge in [-0.15, -0.1) is 0 Å². The van der Waals surface area contributed by atoms with Crippen LogP contribution in [-0.2, 0) is 0 Å². The predicted molar refractivity (Wildman–Crippen MR) is 51.8 cm³/mol. The normalized spacial score (nSPS) is 9.62. The number of aromatic nitrogens is 2. The summed E-state index contributed by atoms with van der Waals surface area (Å²) in [5.41, 5.74) is 5.74. The molecule has 0 amide bonds. The minimum Gasteiger partial charge on any atom is -0.382 e. The highest BCUT2D eigenvalue weighted by atomic mass is 15.0. The van der Waals surface area contributed by atoms with E-state index in [9.17, 15) is 0 Å². The lowest BCUT2D eigenvalue weighted by Gasteiger charge is -2.06. The minimum absolute atomic E-state index is 0.0632. The zero-order valence-electron chi connectivity index (χ0n) is 7.54. The highest BCUT2D eigenvalue weighted by Crippen LogP contribution is 2.06. The van der Waals surface area contributed by atoms with E-state index >= 15 is 0 Å². The van der Waals surface area contributed by atoms with Gasteiger partial charge in [-0.25, -0.2) is 9.97 Å². The topological polar surface area (TPSA) is 87.7 Å². The van der Waals surface area contributed by atoms with Crippen LogP contribution in [0.15, 0.2) is 12.4 Å². The van der Waals surface area contributed by atoms with Gasteiger partial charge in [-0.05, 0) is 6.42 Å². The molecule has 0 saturated heterocycles. The summed E-state index contributed by atoms with van der Waals surface area (Å²) in [4.78, 5) is 8.00. The summed E-state index contributed by atoms with van der Waals surface area (Å²) in [6.07, 6.45) is 4.09. The summed E-state index contributed by atoms with van der Waals surface area (Å²) in [6.45, 7) is 2.86. The fourth-order valence-corrected chi connectivity index (χ4v) is 0.908. The van der Waals surface area contributed by atoms with E-state index in [0.717, 1.165) is 13.0 Å². The second kappa shape index (κ2) is 4.39. The van der Waals surface area contributed by atoms with Gasteiger partial charge < -0.3 is 11.1 Å². The van der Waals surface area contributed by atoms with Gasteiger partial charge in [-0.3, -0.25) is 5.41 Å². The van der Waals surface area contributed by atoms with Gasteiger partial charge in [0.1, 0.15) is 11.5 Å². The molecule has 0 spiro atoms. The van der Waals surface area contributed by atoms with Gasteiger partial charge in [-0.2, -0.15) is 0 Å². The molecule has 1 aromatic heterocycles. The van der Waals surface area contributed by atoms with Gasteiger partial charge >= 0.3 is 0 Å². The molecule has 0 aromatic carbocycles. The Bertz CT molecular complexity index is 296. The van der Waals surface area contributed by atoms with E-state index in [-0.39, 0.29) is 5.84 Å². The van der Waals surface area contributed by atoms with Crippen LogP contribution in [0.25, 0.3) is 0 Å². The summed E-state index contributed by atoms with van der Waals surface area (Å²) < 4.78 is 0. The number of nitrogens with zero attached hydrogens (tertiary/aromatic N) is 2. The van der Waals surface area contributed by atoms with Gasteiger partial charge in [0.15, 0.2) is 5.82 Å². The number of hydrogen-bond acceptors (Lipinski definition) is 4. The van der Waals surface area contributed by atoms with E-state index in [1.807, 2.05) is 0 Å². The Morgan fingerprint density at radius 1 is 1.54 bits per heavy atom. The molecule has 70 valence electrons. The van der Waals surface area contributed by atoms with Crippen molar-refractivity contribution in [1.82, 2.24) is 9.97 Å². The van der Waals surface area contributed by atoms with Gasteiger partial charge in [-0.1, -0.05) is 6.92 Å². The van der Waals surface area contributed by atoms with Crippen molar-refractivity contribution >= 4 is 11.7 Å². The Labute approximate surface area is 76.9 Å². The second-order valence-electron chi connectivity index (χ2n) is 2.59. The third kappa shape index (κ3) is 2.40. The lowest BCUT2D eigenvalue weighted by atomic mass is 10.3. The Balaban J connectivity index is 2.84. The number of nitrogens with one attached hydrogen (secondary N) is 2. The molecular weight excluding hydrogens is 166 g/mol. The van der Waals surface area contributed by atoms with Crippen molar-refractivity contribution in [2.75, 3.05) is 11.9 Å². The SMILES string of the molecule is CCCNc1nccnc1C(=N)N. The average molecular weight is 179 g/mol. The molecule has 0 atom stereocenters. The lowest BCUT2D eigenvalue weighted by Crippen LogP contribution is -2.17. The molecule has 4 N–H and O–H groups in total. The highest BCUT2D eigenvalue weighted by Gasteiger charge is 2.05. The Morgan fingerprint density at radius 2 is 2.23 bits per heavy atom. The van der Waals surface area contributed by atoms with Crippen molar-refractivity contribution in [3.05, 3.63) is 18.1 Å². The van der Waals surface area contributed by atoms with Gasteiger partial charge in [0, 0.05) is 18.9 Å². The fourth-order valence-electron chi connectivity index (χ4n) is 0.908. The van der Waals surface area contributed by atoms with Crippen LogP contribution in [0.4, 0.5) is 5.82 Å². The molecule has 0 fully saturated rings. The zero-order valence-corrected chi connectivity index (χ0v) is 7.54. The van der Waals surface area contributed by atoms with Gasteiger partial charge in [0.2, 0.25) is 0 Å². The van der Waals surface area contributed by atoms with E-state index in [1.54, 1.807) is 6.20 Å². The number of anilines is 1. The van der Waals surface area contributed by atoms with Crippen LogP contribution < -0.4 is 11.1 Å². The van der Waals surface area contributed by atoms with E-state index in [0.29, 0.717) is 11.5 Å². The lowest BCUT2D eigenvalue weighted by molar-refractivity contribution is 0.962. The number of amidine groups is 1. The van der Waals surface area contributed by atoms with Crippen LogP contribution in [0.3, 0.4) is 0 Å². The number of rotatable bonds is 4. The van der Waals surface area contributed by atoms with Crippen LogP contribution >= 0.6 is 0 Å². The number of hydrogen-bond donors (Lipinski definition) is 3. The largest absolute Gasteiger partial charge is 0.382 e. The molecular formula is C8H13N5. The standard InChI is InChI=1S/C8H13N5/c1-2-3-12-8-6(7(9)10)11-4-5-13-8/h4-5H,2-3H2,1H3,(H3,9,10)(H,12,13). The molecule has 0 bridgehead atoms. The fraction of sp³-hybridized carbons (Fsp3) is 0.375. The molecule has 0 aliphatic rings. The molecule has 0 saturated carbocycles. The van der Waals surface area contributed by atoms with Crippen molar-refractivity contribution in [3.63, 3.8) is 0 Å². The van der Waals surface area contributed by atoms with Crippen molar-refractivity contribution in [1.29, 1.82) is 5.41 Å². The first-order chi connectivity index (χ1) is 6.25. The average Bonchev–Trinajstić information content (AvgIpc) is 2.15. The Morgan fingerprint density at radius 3 is 2.85 bits per heavy atom. The molecule has 0 radical (unpaired) electrons. The molecule has 0 unspecified atom stereocenters. The quantitative estimate of drug-likeness (QED) is 0.466. The smallest absolute Gasteiger partial charge is 0.155 e. The second-order valence-corrected chi connectivity index (χ2v) is 2.59. The van der Waals surface area contributed by atoms with Crippen molar-refractivity contribution < 1.29 is 0 Å². The minimum atomic E-state index is -0.0632. The van der Waals surface area contributed by atoms with Crippen LogP contribution in [0, 0.1) is 5.41 Å². The summed E-state index contributed by atoms with van der Waals surface area (Å²) in [5, 5.41) is 10.3. The van der Waals surface area contributed by atoms with Crippen molar-refractivity contribution in [2.24, 2.45) is 5.73 Å². The van der Waals surface area contributed by atoms with Crippen LogP contribution in [0.1, 0.15) is 19.0 Å². The van der Waals surface area contributed by atoms with Crippen LogP contribution in [0.2, 0.25) is 0 Å². The maximum absolute atomic E-state index is 7.25. The molecule has 0 aliphatic carbocycles. The Hall–Kier alpha value is -1.65. The third-order valence-corrected chi connectivity index (χ3v) is 1.50. The van der Waals surface area contributed by atoms with E-state index < -0.39 is 0 Å². The Kier molecular flexibility index (Phi) is 3.19. The molecule has 1 aromatic rings. The molecule has 5 nitrogen and oxygen atoms in total. The first kappa shape index (κ1) is 9.44. The van der Waals surface area contributed by atoms with Gasteiger partial charge in [0.25, 0.3) is 0 Å². The maximum Gasteiger partial charge on any atom is 0.155 e. The zero-order chi connectivity index (χ0) is 9.68. The first-order valence-corrected chi connectivity index (χ1v) is 4.15. The summed E-state index contributed by atoms with van der Waals surface area (Å²) in [7, 11) is 0. The van der Waals surface area contributed by atoms with E-state index in [4.69, 9.17) is 11.1 Å². The molecule has 1 heterocycles.